The van der Waals surface area contributed by atoms with Crippen molar-refractivity contribution in [3.63, 3.8) is 0 Å². The molecule has 0 spiro atoms. The Kier molecular flexibility index (Phi) is 8.03. The summed E-state index contributed by atoms with van der Waals surface area (Å²) >= 11 is 9.80. The minimum Gasteiger partial charge on any atom is -0.272 e. The van der Waals surface area contributed by atoms with E-state index in [1.807, 2.05) is 48.5 Å². The number of aromatic nitrogens is 2. The Labute approximate surface area is 257 Å². The average molecular weight is 696 g/mol. The lowest BCUT2D eigenvalue weighted by Gasteiger charge is -2.22. The minimum atomic E-state index is -0.203. The SMILES string of the molecule is Cc1ccc(C2CC(c3ccc(Br)cc3)=NN2C(=O)CSc2nc3c(c(=O)n2-c2ccc(Br)cc2)SCC3)cc1. The van der Waals surface area contributed by atoms with Gasteiger partial charge in [-0.25, -0.2) is 9.99 Å². The van der Waals surface area contributed by atoms with Gasteiger partial charge in [-0.15, -0.1) is 11.8 Å². The van der Waals surface area contributed by atoms with Gasteiger partial charge in [-0.2, -0.15) is 5.10 Å². The molecule has 0 saturated carbocycles. The normalized spacial score (nSPS) is 16.2. The van der Waals surface area contributed by atoms with Crippen molar-refractivity contribution in [1.29, 1.82) is 0 Å². The van der Waals surface area contributed by atoms with Crippen molar-refractivity contribution in [2.24, 2.45) is 5.10 Å². The maximum absolute atomic E-state index is 13.8. The second-order valence-corrected chi connectivity index (χ2v) is 13.5. The quantitative estimate of drug-likeness (QED) is 0.158. The molecule has 3 aromatic carbocycles. The summed E-state index contributed by atoms with van der Waals surface area (Å²) < 4.78 is 3.54. The fraction of sp³-hybridized carbons (Fsp3) is 0.200. The zero-order valence-corrected chi connectivity index (χ0v) is 26.3. The Balaban J connectivity index is 1.32. The molecule has 1 amide bonds. The molecule has 1 aromatic heterocycles. The molecule has 1 unspecified atom stereocenters. The predicted molar refractivity (Wildman–Crippen MR) is 169 cm³/mol. The molecule has 6 nitrogen and oxygen atoms in total. The highest BCUT2D eigenvalue weighted by atomic mass is 79.9. The number of rotatable bonds is 6. The Morgan fingerprint density at radius 3 is 2.38 bits per heavy atom. The van der Waals surface area contributed by atoms with Gasteiger partial charge >= 0.3 is 0 Å². The molecule has 202 valence electrons. The first-order chi connectivity index (χ1) is 19.4. The summed E-state index contributed by atoms with van der Waals surface area (Å²) in [5.74, 6) is 0.813. The Morgan fingerprint density at radius 2 is 1.68 bits per heavy atom. The van der Waals surface area contributed by atoms with Crippen LogP contribution in [-0.2, 0) is 11.2 Å². The molecule has 4 aromatic rings. The first kappa shape index (κ1) is 27.5. The van der Waals surface area contributed by atoms with E-state index in [1.54, 1.807) is 21.3 Å². The summed E-state index contributed by atoms with van der Waals surface area (Å²) in [5.41, 5.74) is 5.52. The number of thioether (sulfide) groups is 2. The summed E-state index contributed by atoms with van der Waals surface area (Å²) in [4.78, 5) is 32.8. The third kappa shape index (κ3) is 5.59. The van der Waals surface area contributed by atoms with E-state index >= 15 is 0 Å². The van der Waals surface area contributed by atoms with Gasteiger partial charge in [0, 0.05) is 27.5 Å². The van der Waals surface area contributed by atoms with Crippen molar-refractivity contribution in [3.8, 4) is 5.69 Å². The molecule has 0 radical (unpaired) electrons. The number of hydrazone groups is 1. The monoisotopic (exact) mass is 694 g/mol. The number of carbonyl (C=O) groups excluding carboxylic acids is 1. The predicted octanol–water partition coefficient (Wildman–Crippen LogP) is 7.18. The molecule has 6 rings (SSSR count). The lowest BCUT2D eigenvalue weighted by atomic mass is 9.98. The smallest absolute Gasteiger partial charge is 0.272 e. The molecular weight excluding hydrogens is 672 g/mol. The van der Waals surface area contributed by atoms with E-state index in [-0.39, 0.29) is 23.3 Å². The van der Waals surface area contributed by atoms with Crippen LogP contribution in [0.25, 0.3) is 5.69 Å². The average Bonchev–Trinajstić information content (AvgIpc) is 3.62. The summed E-state index contributed by atoms with van der Waals surface area (Å²) in [6, 6.07) is 23.6. The summed E-state index contributed by atoms with van der Waals surface area (Å²) in [6.45, 7) is 2.05. The molecule has 40 heavy (non-hydrogen) atoms. The Morgan fingerprint density at radius 1 is 1.00 bits per heavy atom. The standard InChI is InChI=1S/C30H24Br2N4O2S2/c1-18-2-4-20(5-3-18)26-16-25(19-6-8-21(31)9-7-19)34-36(26)27(37)17-40-30-33-24-14-15-39-28(24)29(38)35(30)23-12-10-22(32)11-13-23/h2-13,26H,14-17H2,1H3. The van der Waals surface area contributed by atoms with Crippen LogP contribution in [0.5, 0.6) is 0 Å². The van der Waals surface area contributed by atoms with Crippen LogP contribution in [0.15, 0.2) is 102 Å². The van der Waals surface area contributed by atoms with E-state index in [0.29, 0.717) is 16.5 Å². The number of nitrogens with zero attached hydrogens (tertiary/aromatic N) is 4. The van der Waals surface area contributed by atoms with E-state index in [1.165, 1.54) is 11.8 Å². The van der Waals surface area contributed by atoms with Crippen LogP contribution in [-0.4, -0.2) is 37.7 Å². The first-order valence-electron chi connectivity index (χ1n) is 12.8. The molecule has 0 bridgehead atoms. The van der Waals surface area contributed by atoms with E-state index < -0.39 is 0 Å². The van der Waals surface area contributed by atoms with E-state index in [4.69, 9.17) is 10.1 Å². The zero-order chi connectivity index (χ0) is 27.8. The van der Waals surface area contributed by atoms with Crippen LogP contribution in [0.1, 0.15) is 34.8 Å². The van der Waals surface area contributed by atoms with Gasteiger partial charge in [-0.3, -0.25) is 14.2 Å². The van der Waals surface area contributed by atoms with Crippen molar-refractivity contribution in [1.82, 2.24) is 14.6 Å². The van der Waals surface area contributed by atoms with Crippen molar-refractivity contribution >= 4 is 67.0 Å². The number of carbonyl (C=O) groups is 1. The number of hydrogen-bond donors (Lipinski definition) is 0. The van der Waals surface area contributed by atoms with Gasteiger partial charge in [0.1, 0.15) is 0 Å². The van der Waals surface area contributed by atoms with Crippen LogP contribution in [0.4, 0.5) is 0 Å². The zero-order valence-electron chi connectivity index (χ0n) is 21.5. The molecule has 0 N–H and O–H groups in total. The van der Waals surface area contributed by atoms with Crippen LogP contribution in [0, 0.1) is 6.92 Å². The van der Waals surface area contributed by atoms with E-state index in [2.05, 4.69) is 63.0 Å². The highest BCUT2D eigenvalue weighted by Crippen LogP contribution is 2.35. The lowest BCUT2D eigenvalue weighted by molar-refractivity contribution is -0.130. The van der Waals surface area contributed by atoms with Crippen LogP contribution in [0.3, 0.4) is 0 Å². The molecule has 0 fully saturated rings. The summed E-state index contributed by atoms with van der Waals surface area (Å²) in [7, 11) is 0. The summed E-state index contributed by atoms with van der Waals surface area (Å²) in [5, 5.41) is 6.95. The number of aryl methyl sites for hydroxylation is 2. The maximum atomic E-state index is 13.8. The number of fused-ring (bicyclic) bond motifs is 1. The largest absolute Gasteiger partial charge is 0.272 e. The first-order valence-corrected chi connectivity index (χ1v) is 16.3. The van der Waals surface area contributed by atoms with E-state index in [9.17, 15) is 9.59 Å². The van der Waals surface area contributed by atoms with Gasteiger partial charge < -0.3 is 0 Å². The van der Waals surface area contributed by atoms with Gasteiger partial charge in [-0.05, 0) is 54.4 Å². The van der Waals surface area contributed by atoms with Crippen LogP contribution < -0.4 is 5.56 Å². The third-order valence-corrected chi connectivity index (χ3v) is 9.97. The minimum absolute atomic E-state index is 0.0842. The molecule has 2 aliphatic rings. The van der Waals surface area contributed by atoms with Crippen molar-refractivity contribution in [2.75, 3.05) is 11.5 Å². The molecule has 10 heteroatoms. The number of amides is 1. The Bertz CT molecular complexity index is 1670. The number of hydrogen-bond acceptors (Lipinski definition) is 6. The number of benzene rings is 3. The fourth-order valence-corrected chi connectivity index (χ4v) is 7.24. The second-order valence-electron chi connectivity index (χ2n) is 9.60. The molecule has 2 aliphatic heterocycles. The molecule has 3 heterocycles. The number of halogens is 2. The van der Waals surface area contributed by atoms with Gasteiger partial charge in [0.25, 0.3) is 11.5 Å². The highest BCUT2D eigenvalue weighted by molar-refractivity contribution is 9.10. The van der Waals surface area contributed by atoms with Crippen molar-refractivity contribution < 1.29 is 4.79 Å². The van der Waals surface area contributed by atoms with Crippen molar-refractivity contribution in [2.45, 2.75) is 35.9 Å². The molecule has 0 saturated heterocycles. The van der Waals surface area contributed by atoms with Crippen LogP contribution >= 0.6 is 55.4 Å². The van der Waals surface area contributed by atoms with Crippen molar-refractivity contribution in [3.05, 3.63) is 114 Å². The summed E-state index contributed by atoms with van der Waals surface area (Å²) in [6.07, 6.45) is 1.37. The topological polar surface area (TPSA) is 67.6 Å². The highest BCUT2D eigenvalue weighted by Gasteiger charge is 2.33. The fourth-order valence-electron chi connectivity index (χ4n) is 4.80. The molecule has 0 aliphatic carbocycles. The molecular formula is C30H24Br2N4O2S2. The second kappa shape index (κ2) is 11.7. The maximum Gasteiger partial charge on any atom is 0.272 e. The Hall–Kier alpha value is -2.66. The van der Waals surface area contributed by atoms with Gasteiger partial charge in [0.05, 0.1) is 33.8 Å². The van der Waals surface area contributed by atoms with Gasteiger partial charge in [0.15, 0.2) is 5.16 Å². The third-order valence-electron chi connectivity index (χ3n) is 6.88. The van der Waals surface area contributed by atoms with Gasteiger partial charge in [-0.1, -0.05) is 85.6 Å². The molecule has 1 atom stereocenters. The van der Waals surface area contributed by atoms with Crippen LogP contribution in [0.2, 0.25) is 0 Å². The lowest BCUT2D eigenvalue weighted by Crippen LogP contribution is -2.29. The van der Waals surface area contributed by atoms with Gasteiger partial charge in [0.2, 0.25) is 0 Å². The van der Waals surface area contributed by atoms with E-state index in [0.717, 1.165) is 54.9 Å².